The molecule has 38 heavy (non-hydrogen) atoms. The number of esters is 2. The summed E-state index contributed by atoms with van der Waals surface area (Å²) in [5.41, 5.74) is 6.15. The summed E-state index contributed by atoms with van der Waals surface area (Å²) in [4.78, 5) is 40.7. The van der Waals surface area contributed by atoms with Crippen molar-refractivity contribution in [3.05, 3.63) is 55.8 Å². The Labute approximate surface area is 229 Å². The standard InChI is InChI=1S/C14H16N2O4.C12H10Cl2N2O2/c1-7-6-9-11(10(8(7)2)14(17)20-5)16-13(19-4)12(15-9)18-3;1-5-4-7-9(16-11(14)10(13)15-7)8(6(5)2)12(17)18-3/h6H,1-5H3;4H,1-3H3. The lowest BCUT2D eigenvalue weighted by molar-refractivity contribution is 0.0592. The van der Waals surface area contributed by atoms with Gasteiger partial charge in [0.15, 0.2) is 10.3 Å². The molecule has 0 spiro atoms. The number of nitrogens with zero attached hydrogens (tertiary/aromatic N) is 4. The monoisotopic (exact) mass is 560 g/mol. The first-order chi connectivity index (χ1) is 18.0. The summed E-state index contributed by atoms with van der Waals surface area (Å²) in [6.07, 6.45) is 0. The second kappa shape index (κ2) is 11.7. The molecule has 0 bridgehead atoms. The number of aryl methyl sites for hydroxylation is 2. The van der Waals surface area contributed by atoms with Gasteiger partial charge in [-0.2, -0.15) is 0 Å². The van der Waals surface area contributed by atoms with E-state index in [4.69, 9.17) is 42.1 Å². The lowest BCUT2D eigenvalue weighted by Crippen LogP contribution is -2.09. The van der Waals surface area contributed by atoms with Crippen LogP contribution in [0.15, 0.2) is 12.1 Å². The van der Waals surface area contributed by atoms with E-state index in [2.05, 4.69) is 19.9 Å². The van der Waals surface area contributed by atoms with Gasteiger partial charge in [0.2, 0.25) is 0 Å². The zero-order chi connectivity index (χ0) is 28.3. The lowest BCUT2D eigenvalue weighted by atomic mass is 10.0. The lowest BCUT2D eigenvalue weighted by Gasteiger charge is -2.12. The van der Waals surface area contributed by atoms with Crippen molar-refractivity contribution in [1.82, 2.24) is 19.9 Å². The highest BCUT2D eigenvalue weighted by Crippen LogP contribution is 2.30. The van der Waals surface area contributed by atoms with Crippen molar-refractivity contribution in [2.45, 2.75) is 27.7 Å². The number of hydrogen-bond acceptors (Lipinski definition) is 10. The number of methoxy groups -OCH3 is 4. The van der Waals surface area contributed by atoms with Gasteiger partial charge in [-0.15, -0.1) is 0 Å². The van der Waals surface area contributed by atoms with E-state index in [0.29, 0.717) is 33.2 Å². The Hall–Kier alpha value is -3.76. The number of halogens is 2. The molecule has 0 N–H and O–H groups in total. The van der Waals surface area contributed by atoms with E-state index in [1.54, 1.807) is 0 Å². The Balaban J connectivity index is 0.000000212. The van der Waals surface area contributed by atoms with Gasteiger partial charge in [0.05, 0.1) is 50.6 Å². The molecule has 0 aliphatic rings. The van der Waals surface area contributed by atoms with E-state index in [1.807, 2.05) is 39.8 Å². The number of aromatic nitrogens is 4. The van der Waals surface area contributed by atoms with E-state index in [9.17, 15) is 9.59 Å². The molecule has 4 rings (SSSR count). The molecule has 0 aliphatic heterocycles. The minimum atomic E-state index is -0.464. The molecule has 0 radical (unpaired) electrons. The predicted molar refractivity (Wildman–Crippen MR) is 144 cm³/mol. The van der Waals surface area contributed by atoms with Gasteiger partial charge in [-0.25, -0.2) is 29.5 Å². The minimum absolute atomic E-state index is 0.0672. The zero-order valence-corrected chi connectivity index (χ0v) is 23.7. The highest BCUT2D eigenvalue weighted by molar-refractivity contribution is 6.40. The van der Waals surface area contributed by atoms with Gasteiger partial charge in [-0.3, -0.25) is 0 Å². The van der Waals surface area contributed by atoms with Crippen molar-refractivity contribution < 1.29 is 28.5 Å². The molecule has 2 aromatic carbocycles. The van der Waals surface area contributed by atoms with Gasteiger partial charge in [-0.1, -0.05) is 23.2 Å². The second-order valence-electron chi connectivity index (χ2n) is 8.15. The highest BCUT2D eigenvalue weighted by Gasteiger charge is 2.21. The van der Waals surface area contributed by atoms with Crippen LogP contribution in [0, 0.1) is 27.7 Å². The van der Waals surface area contributed by atoms with Crippen LogP contribution in [0.4, 0.5) is 0 Å². The number of hydrogen-bond donors (Lipinski definition) is 0. The predicted octanol–water partition coefficient (Wildman–Crippen LogP) is 5.39. The maximum Gasteiger partial charge on any atom is 0.340 e. The maximum atomic E-state index is 12.0. The summed E-state index contributed by atoms with van der Waals surface area (Å²) in [5.74, 6) is -0.404. The largest absolute Gasteiger partial charge is 0.477 e. The molecule has 0 fully saturated rings. The van der Waals surface area contributed by atoms with Crippen molar-refractivity contribution in [2.24, 2.45) is 0 Å². The fraction of sp³-hybridized carbons (Fsp3) is 0.308. The molecule has 0 amide bonds. The normalized spacial score (nSPS) is 10.6. The highest BCUT2D eigenvalue weighted by atomic mass is 35.5. The van der Waals surface area contributed by atoms with Crippen LogP contribution < -0.4 is 9.47 Å². The quantitative estimate of drug-likeness (QED) is 0.300. The molecule has 0 atom stereocenters. The Bertz CT molecular complexity index is 1570. The summed E-state index contributed by atoms with van der Waals surface area (Å²) in [5, 5.41) is 0.181. The summed E-state index contributed by atoms with van der Waals surface area (Å²) in [6.45, 7) is 7.45. The molecule has 4 aromatic rings. The van der Waals surface area contributed by atoms with Crippen LogP contribution in [0.2, 0.25) is 10.3 Å². The molecule has 0 saturated heterocycles. The second-order valence-corrected chi connectivity index (χ2v) is 8.87. The summed E-state index contributed by atoms with van der Waals surface area (Å²) in [7, 11) is 5.61. The van der Waals surface area contributed by atoms with Crippen LogP contribution in [0.3, 0.4) is 0 Å². The summed E-state index contributed by atoms with van der Waals surface area (Å²) < 4.78 is 19.9. The molecule has 200 valence electrons. The fourth-order valence-corrected chi connectivity index (χ4v) is 4.00. The Morgan fingerprint density at radius 1 is 0.632 bits per heavy atom. The third-order valence-electron chi connectivity index (χ3n) is 5.98. The van der Waals surface area contributed by atoms with Crippen molar-refractivity contribution in [2.75, 3.05) is 28.4 Å². The molecule has 2 aromatic heterocycles. The molecule has 12 heteroatoms. The van der Waals surface area contributed by atoms with Crippen LogP contribution in [-0.2, 0) is 9.47 Å². The van der Waals surface area contributed by atoms with Crippen molar-refractivity contribution in [3.63, 3.8) is 0 Å². The van der Waals surface area contributed by atoms with Crippen molar-refractivity contribution in [1.29, 1.82) is 0 Å². The topological polar surface area (TPSA) is 123 Å². The molecule has 0 aliphatic carbocycles. The van der Waals surface area contributed by atoms with E-state index in [0.717, 1.165) is 22.3 Å². The van der Waals surface area contributed by atoms with Gasteiger partial charge in [0, 0.05) is 0 Å². The maximum absolute atomic E-state index is 12.0. The van der Waals surface area contributed by atoms with Crippen LogP contribution >= 0.6 is 23.2 Å². The number of carbonyl (C=O) groups is 2. The molecule has 2 heterocycles. The summed E-state index contributed by atoms with van der Waals surface area (Å²) in [6, 6.07) is 3.67. The Morgan fingerprint density at radius 3 is 1.47 bits per heavy atom. The third-order valence-corrected chi connectivity index (χ3v) is 6.60. The van der Waals surface area contributed by atoms with Crippen LogP contribution in [0.25, 0.3) is 22.1 Å². The third kappa shape index (κ3) is 5.41. The first kappa shape index (κ1) is 28.8. The van der Waals surface area contributed by atoms with Gasteiger partial charge in [-0.05, 0) is 62.1 Å². The first-order valence-electron chi connectivity index (χ1n) is 11.2. The molecular formula is C26H26Cl2N4O6. The van der Waals surface area contributed by atoms with Gasteiger partial charge >= 0.3 is 11.9 Å². The van der Waals surface area contributed by atoms with Gasteiger partial charge < -0.3 is 18.9 Å². The zero-order valence-electron chi connectivity index (χ0n) is 22.1. The van der Waals surface area contributed by atoms with Crippen LogP contribution in [0.5, 0.6) is 11.8 Å². The number of ether oxygens (including phenoxy) is 4. The molecular weight excluding hydrogens is 535 g/mol. The average Bonchev–Trinajstić information content (AvgIpc) is 2.90. The first-order valence-corrected chi connectivity index (χ1v) is 11.9. The van der Waals surface area contributed by atoms with Crippen molar-refractivity contribution in [3.8, 4) is 11.8 Å². The number of benzene rings is 2. The minimum Gasteiger partial charge on any atom is -0.477 e. The SMILES string of the molecule is COC(=O)c1c(C)c(C)cc2nc(Cl)c(Cl)nc12.COC(=O)c1c(C)c(C)cc2nc(OC)c(OC)nc12. The Kier molecular flexibility index (Phi) is 8.90. The van der Waals surface area contributed by atoms with E-state index in [1.165, 1.54) is 28.4 Å². The van der Waals surface area contributed by atoms with E-state index < -0.39 is 11.9 Å². The number of carbonyl (C=O) groups excluding carboxylic acids is 2. The van der Waals surface area contributed by atoms with Gasteiger partial charge in [0.25, 0.3) is 11.8 Å². The average molecular weight is 561 g/mol. The molecule has 10 nitrogen and oxygen atoms in total. The van der Waals surface area contributed by atoms with Gasteiger partial charge in [0.1, 0.15) is 11.0 Å². The van der Waals surface area contributed by atoms with E-state index in [-0.39, 0.29) is 22.1 Å². The smallest absolute Gasteiger partial charge is 0.340 e. The molecule has 0 unspecified atom stereocenters. The van der Waals surface area contributed by atoms with E-state index >= 15 is 0 Å². The molecule has 0 saturated carbocycles. The number of rotatable bonds is 4. The van der Waals surface area contributed by atoms with Crippen molar-refractivity contribution >= 4 is 57.2 Å². The van der Waals surface area contributed by atoms with Crippen LogP contribution in [0.1, 0.15) is 43.0 Å². The fourth-order valence-electron chi connectivity index (χ4n) is 3.74. The van der Waals surface area contributed by atoms with Crippen LogP contribution in [-0.4, -0.2) is 60.3 Å². The summed E-state index contributed by atoms with van der Waals surface area (Å²) >= 11 is 11.7. The Morgan fingerprint density at radius 2 is 1.03 bits per heavy atom. The number of fused-ring (bicyclic) bond motifs is 2.